The first-order valence-electron chi connectivity index (χ1n) is 10.5. The van der Waals surface area contributed by atoms with Crippen molar-refractivity contribution >= 4 is 15.9 Å². The molecule has 1 fully saturated rings. The van der Waals surface area contributed by atoms with Crippen molar-refractivity contribution in [3.05, 3.63) is 28.8 Å². The second kappa shape index (κ2) is 10.5. The summed E-state index contributed by atoms with van der Waals surface area (Å²) in [6, 6.07) is 3.64. The number of carbonyl (C=O) groups excluding carboxylic acids is 1. The van der Waals surface area contributed by atoms with Crippen LogP contribution in [0.2, 0.25) is 0 Å². The smallest absolute Gasteiger partial charge is 0.243 e. The third-order valence-corrected chi connectivity index (χ3v) is 7.74. The summed E-state index contributed by atoms with van der Waals surface area (Å²) in [5, 5.41) is 3.22. The molecule has 0 aliphatic carbocycles. The molecule has 0 atom stereocenters. The zero-order valence-corrected chi connectivity index (χ0v) is 19.3. The number of rotatable bonds is 9. The molecule has 1 saturated heterocycles. The van der Waals surface area contributed by atoms with E-state index in [-0.39, 0.29) is 12.5 Å². The quantitative estimate of drug-likeness (QED) is 0.648. The molecule has 0 spiro atoms. The van der Waals surface area contributed by atoms with Gasteiger partial charge in [0.1, 0.15) is 0 Å². The number of carbonyl (C=O) groups is 1. The Labute approximate surface area is 176 Å². The van der Waals surface area contributed by atoms with E-state index in [2.05, 4.69) is 24.1 Å². The monoisotopic (exact) mass is 424 g/mol. The molecule has 1 aromatic rings. The highest BCUT2D eigenvalue weighted by Crippen LogP contribution is 2.23. The van der Waals surface area contributed by atoms with Crippen LogP contribution in [0.25, 0.3) is 0 Å². The lowest BCUT2D eigenvalue weighted by Gasteiger charge is -2.31. The number of sulfonamides is 1. The highest BCUT2D eigenvalue weighted by molar-refractivity contribution is 7.89. The van der Waals surface area contributed by atoms with Gasteiger partial charge in [-0.3, -0.25) is 4.79 Å². The van der Waals surface area contributed by atoms with Gasteiger partial charge in [0.15, 0.2) is 0 Å². The Bertz CT molecular complexity index is 800. The van der Waals surface area contributed by atoms with E-state index in [1.807, 2.05) is 26.8 Å². The molecule has 164 valence electrons. The first kappa shape index (κ1) is 23.8. The predicted octanol–water partition coefficient (Wildman–Crippen LogP) is 1.38. The van der Waals surface area contributed by atoms with Gasteiger partial charge < -0.3 is 15.1 Å². The van der Waals surface area contributed by atoms with Crippen molar-refractivity contribution in [1.29, 1.82) is 0 Å². The first-order chi connectivity index (χ1) is 13.7. The number of nitrogens with one attached hydrogen (secondary N) is 1. The molecular weight excluding hydrogens is 388 g/mol. The Morgan fingerprint density at radius 3 is 2.17 bits per heavy atom. The number of likely N-dealkylation sites (N-methyl/N-ethyl adjacent to an activating group) is 1. The van der Waals surface area contributed by atoms with E-state index in [0.29, 0.717) is 31.1 Å². The van der Waals surface area contributed by atoms with E-state index in [1.165, 1.54) is 4.31 Å². The topological polar surface area (TPSA) is 73.0 Å². The van der Waals surface area contributed by atoms with Crippen LogP contribution in [0.4, 0.5) is 0 Å². The summed E-state index contributed by atoms with van der Waals surface area (Å²) in [7, 11) is -3.77. The van der Waals surface area contributed by atoms with Gasteiger partial charge in [-0.1, -0.05) is 19.9 Å². The van der Waals surface area contributed by atoms with Crippen LogP contribution in [0.15, 0.2) is 17.0 Å². The maximum absolute atomic E-state index is 13.5. The van der Waals surface area contributed by atoms with Gasteiger partial charge in [-0.05, 0) is 56.6 Å². The van der Waals surface area contributed by atoms with E-state index in [9.17, 15) is 13.2 Å². The normalized spacial score (nSPS) is 15.3. The summed E-state index contributed by atoms with van der Waals surface area (Å²) in [5.74, 6) is -0.129. The van der Waals surface area contributed by atoms with E-state index in [4.69, 9.17) is 0 Å². The fourth-order valence-corrected chi connectivity index (χ4v) is 5.27. The molecular formula is C21H36N4O3S. The maximum atomic E-state index is 13.5. The molecule has 1 aliphatic rings. The van der Waals surface area contributed by atoms with Crippen LogP contribution >= 0.6 is 0 Å². The Hall–Kier alpha value is -1.48. The first-order valence-corrected chi connectivity index (χ1v) is 11.9. The summed E-state index contributed by atoms with van der Waals surface area (Å²) < 4.78 is 28.5. The van der Waals surface area contributed by atoms with Gasteiger partial charge in [0.2, 0.25) is 15.9 Å². The predicted molar refractivity (Wildman–Crippen MR) is 117 cm³/mol. The van der Waals surface area contributed by atoms with Crippen LogP contribution < -0.4 is 5.32 Å². The number of amides is 1. The van der Waals surface area contributed by atoms with Crippen LogP contribution in [0.3, 0.4) is 0 Å². The lowest BCUT2D eigenvalue weighted by molar-refractivity contribution is -0.132. The third-order valence-electron chi connectivity index (χ3n) is 5.75. The van der Waals surface area contributed by atoms with Crippen molar-refractivity contribution in [1.82, 2.24) is 19.4 Å². The highest BCUT2D eigenvalue weighted by atomic mass is 32.2. The fourth-order valence-electron chi connectivity index (χ4n) is 3.59. The van der Waals surface area contributed by atoms with Gasteiger partial charge in [0, 0.05) is 39.3 Å². The lowest BCUT2D eigenvalue weighted by atomic mass is 10.1. The Morgan fingerprint density at radius 1 is 1.00 bits per heavy atom. The minimum Gasteiger partial charge on any atom is -0.339 e. The molecule has 29 heavy (non-hydrogen) atoms. The van der Waals surface area contributed by atoms with Gasteiger partial charge in [0.25, 0.3) is 0 Å². The lowest BCUT2D eigenvalue weighted by Crippen LogP contribution is -2.51. The maximum Gasteiger partial charge on any atom is 0.243 e. The average molecular weight is 425 g/mol. The van der Waals surface area contributed by atoms with E-state index < -0.39 is 10.0 Å². The van der Waals surface area contributed by atoms with Crippen molar-refractivity contribution in [2.75, 3.05) is 58.9 Å². The van der Waals surface area contributed by atoms with E-state index in [1.54, 1.807) is 11.0 Å². The number of nitrogens with zero attached hydrogens (tertiary/aromatic N) is 3. The minimum atomic E-state index is -3.77. The molecule has 7 nitrogen and oxygen atoms in total. The summed E-state index contributed by atoms with van der Waals surface area (Å²) in [6.45, 7) is 15.0. The van der Waals surface area contributed by atoms with E-state index >= 15 is 0 Å². The molecule has 1 amide bonds. The summed E-state index contributed by atoms with van der Waals surface area (Å²) in [5.41, 5.74) is 2.72. The largest absolute Gasteiger partial charge is 0.339 e. The van der Waals surface area contributed by atoms with Crippen LogP contribution in [-0.4, -0.2) is 87.3 Å². The van der Waals surface area contributed by atoms with Crippen molar-refractivity contribution in [2.45, 2.75) is 39.5 Å². The minimum absolute atomic E-state index is 0.115. The Balaban J connectivity index is 2.31. The number of hydrogen-bond donors (Lipinski definition) is 1. The van der Waals surface area contributed by atoms with Crippen LogP contribution in [0.1, 0.15) is 30.5 Å². The van der Waals surface area contributed by atoms with Gasteiger partial charge in [-0.25, -0.2) is 8.42 Å². The molecule has 0 aromatic heterocycles. The second-order valence-electron chi connectivity index (χ2n) is 7.70. The van der Waals surface area contributed by atoms with Gasteiger partial charge in [0.05, 0.1) is 11.4 Å². The zero-order valence-electron chi connectivity index (χ0n) is 18.5. The molecule has 1 heterocycles. The molecule has 8 heteroatoms. The van der Waals surface area contributed by atoms with Gasteiger partial charge in [-0.2, -0.15) is 4.31 Å². The van der Waals surface area contributed by atoms with E-state index in [0.717, 1.165) is 42.9 Å². The molecule has 1 aliphatic heterocycles. The number of hydrogen-bond acceptors (Lipinski definition) is 5. The molecule has 1 aromatic carbocycles. The van der Waals surface area contributed by atoms with Crippen molar-refractivity contribution in [3.8, 4) is 0 Å². The van der Waals surface area contributed by atoms with Gasteiger partial charge in [-0.15, -0.1) is 0 Å². The van der Waals surface area contributed by atoms with Crippen molar-refractivity contribution < 1.29 is 13.2 Å². The summed E-state index contributed by atoms with van der Waals surface area (Å²) in [4.78, 5) is 17.1. The number of benzene rings is 1. The fraction of sp³-hybridized carbons (Fsp3) is 0.667. The number of aryl methyl sites for hydroxylation is 3. The average Bonchev–Trinajstić information content (AvgIpc) is 2.70. The van der Waals surface area contributed by atoms with Gasteiger partial charge >= 0.3 is 0 Å². The van der Waals surface area contributed by atoms with Crippen LogP contribution in [0, 0.1) is 20.8 Å². The molecule has 1 N–H and O–H groups in total. The Morgan fingerprint density at radius 2 is 1.59 bits per heavy atom. The Kier molecular flexibility index (Phi) is 8.63. The SMILES string of the molecule is CCN(CC)CCN(CC(=O)N1CCNCC1)S(=O)(=O)c1cc(C)c(C)cc1C. The zero-order chi connectivity index (χ0) is 21.6. The second-order valence-corrected chi connectivity index (χ2v) is 9.60. The summed E-state index contributed by atoms with van der Waals surface area (Å²) >= 11 is 0. The molecule has 0 unspecified atom stereocenters. The molecule has 0 radical (unpaired) electrons. The van der Waals surface area contributed by atoms with Crippen LogP contribution in [0.5, 0.6) is 0 Å². The van der Waals surface area contributed by atoms with Crippen LogP contribution in [-0.2, 0) is 14.8 Å². The standard InChI is InChI=1S/C21H36N4O3S/c1-6-23(7-2)12-13-25(16-21(26)24-10-8-22-9-11-24)29(27,28)20-15-18(4)17(3)14-19(20)5/h14-15,22H,6-13,16H2,1-5H3. The van der Waals surface area contributed by atoms with Crippen molar-refractivity contribution in [3.63, 3.8) is 0 Å². The molecule has 0 saturated carbocycles. The molecule has 2 rings (SSSR count). The molecule has 0 bridgehead atoms. The van der Waals surface area contributed by atoms with Crippen molar-refractivity contribution in [2.24, 2.45) is 0 Å². The summed E-state index contributed by atoms with van der Waals surface area (Å²) in [6.07, 6.45) is 0. The number of piperazine rings is 1. The highest BCUT2D eigenvalue weighted by Gasteiger charge is 2.30. The third kappa shape index (κ3) is 6.01.